The summed E-state index contributed by atoms with van der Waals surface area (Å²) in [5, 5.41) is 17.9. The van der Waals surface area contributed by atoms with E-state index in [9.17, 15) is 29.1 Å². The molecule has 43 heavy (non-hydrogen) atoms. The average molecular weight is 602 g/mol. The molecular weight excluding hydrogens is 554 g/mol. The monoisotopic (exact) mass is 601 g/mol. The summed E-state index contributed by atoms with van der Waals surface area (Å²) in [6.07, 6.45) is 1.46. The highest BCUT2D eigenvalue weighted by Gasteiger charge is 2.36. The van der Waals surface area contributed by atoms with Crippen molar-refractivity contribution in [3.8, 4) is 0 Å². The zero-order valence-electron chi connectivity index (χ0n) is 25.9. The number of ether oxygens (including phenoxy) is 1. The molecule has 0 saturated carbocycles. The molecule has 1 aromatic rings. The first-order valence-corrected chi connectivity index (χ1v) is 15.1. The smallest absolute Gasteiger partial charge is 0.410 e. The van der Waals surface area contributed by atoms with Gasteiger partial charge in [0.25, 0.3) is 0 Å². The van der Waals surface area contributed by atoms with Crippen molar-refractivity contribution in [1.29, 1.82) is 0 Å². The Hall–Kier alpha value is -3.83. The molecule has 0 radical (unpaired) electrons. The highest BCUT2D eigenvalue weighted by Crippen LogP contribution is 2.22. The number of hydrogen-bond donors (Lipinski definition) is 4. The summed E-state index contributed by atoms with van der Waals surface area (Å²) in [6.45, 7) is 10.9. The first kappa shape index (κ1) is 33.7. The standard InChI is InChI=1S/C31H47N5O7/c1-20(2)17-24(27(38)33-25(28(39)40)18-22-11-14-32-26(22)37)34-29(41)36(19-21-9-7-6-8-10-21)23-12-15-35(16-13-23)30(42)43-31(3,4)5/h6-10,20,22-25H,11-19H2,1-5H3,(H,32,37)(H,33,38)(H,34,41)(H,39,40)/t22-,24-,25-/m0/s1. The first-order valence-electron chi connectivity index (χ1n) is 15.1. The number of hydrogen-bond acceptors (Lipinski definition) is 6. The molecule has 12 nitrogen and oxygen atoms in total. The summed E-state index contributed by atoms with van der Waals surface area (Å²) < 4.78 is 5.51. The van der Waals surface area contributed by atoms with Gasteiger partial charge in [-0.05, 0) is 64.4 Å². The molecule has 4 N–H and O–H groups in total. The Labute approximate surface area is 253 Å². The molecule has 2 saturated heterocycles. The van der Waals surface area contributed by atoms with Crippen molar-refractivity contribution in [2.45, 2.75) is 97.0 Å². The van der Waals surface area contributed by atoms with E-state index in [1.165, 1.54) is 0 Å². The number of rotatable bonds is 11. The molecule has 0 unspecified atom stereocenters. The van der Waals surface area contributed by atoms with Crippen LogP contribution in [0, 0.1) is 11.8 Å². The Kier molecular flexibility index (Phi) is 11.8. The summed E-state index contributed by atoms with van der Waals surface area (Å²) in [5.74, 6) is -2.52. The van der Waals surface area contributed by atoms with Gasteiger partial charge >= 0.3 is 18.1 Å². The minimum absolute atomic E-state index is 0.0222. The number of benzene rings is 1. The van der Waals surface area contributed by atoms with E-state index >= 15 is 0 Å². The number of aliphatic carboxylic acids is 1. The summed E-state index contributed by atoms with van der Waals surface area (Å²) >= 11 is 0. The molecule has 0 aliphatic carbocycles. The third kappa shape index (κ3) is 10.4. The van der Waals surface area contributed by atoms with Gasteiger partial charge in [-0.1, -0.05) is 44.2 Å². The van der Waals surface area contributed by atoms with Crippen LogP contribution in [0.1, 0.15) is 72.3 Å². The molecular formula is C31H47N5O7. The second-order valence-electron chi connectivity index (χ2n) is 12.9. The highest BCUT2D eigenvalue weighted by atomic mass is 16.6. The van der Waals surface area contributed by atoms with Crippen LogP contribution in [0.2, 0.25) is 0 Å². The van der Waals surface area contributed by atoms with Gasteiger partial charge in [-0.15, -0.1) is 0 Å². The number of likely N-dealkylation sites (tertiary alicyclic amines) is 1. The number of nitrogens with zero attached hydrogens (tertiary/aromatic N) is 2. The van der Waals surface area contributed by atoms with Crippen molar-refractivity contribution >= 4 is 29.9 Å². The van der Waals surface area contributed by atoms with Crippen LogP contribution in [0.3, 0.4) is 0 Å². The number of nitrogens with one attached hydrogen (secondary N) is 3. The molecule has 1 aromatic carbocycles. The fourth-order valence-electron chi connectivity index (χ4n) is 5.42. The van der Waals surface area contributed by atoms with Crippen molar-refractivity contribution in [2.24, 2.45) is 11.8 Å². The van der Waals surface area contributed by atoms with Gasteiger partial charge in [0.05, 0.1) is 0 Å². The normalized spacial score (nSPS) is 18.9. The highest BCUT2D eigenvalue weighted by molar-refractivity contribution is 5.90. The lowest BCUT2D eigenvalue weighted by atomic mass is 9.97. The number of amides is 5. The Morgan fingerprint density at radius 3 is 2.23 bits per heavy atom. The molecule has 3 rings (SSSR count). The van der Waals surface area contributed by atoms with Crippen molar-refractivity contribution < 1.29 is 33.8 Å². The number of carboxylic acids is 1. The van der Waals surface area contributed by atoms with Crippen LogP contribution in [0.4, 0.5) is 9.59 Å². The Balaban J connectivity index is 1.74. The van der Waals surface area contributed by atoms with E-state index in [1.807, 2.05) is 65.0 Å². The second-order valence-corrected chi connectivity index (χ2v) is 12.9. The molecule has 0 spiro atoms. The van der Waals surface area contributed by atoms with E-state index in [0.29, 0.717) is 51.9 Å². The lowest BCUT2D eigenvalue weighted by Crippen LogP contribution is -2.57. The van der Waals surface area contributed by atoms with Crippen LogP contribution in [0.15, 0.2) is 30.3 Å². The van der Waals surface area contributed by atoms with E-state index in [0.717, 1.165) is 5.56 Å². The lowest BCUT2D eigenvalue weighted by Gasteiger charge is -2.39. The first-order chi connectivity index (χ1) is 20.2. The molecule has 0 bridgehead atoms. The minimum Gasteiger partial charge on any atom is -0.480 e. The van der Waals surface area contributed by atoms with Crippen molar-refractivity contribution in [2.75, 3.05) is 19.6 Å². The third-order valence-electron chi connectivity index (χ3n) is 7.63. The summed E-state index contributed by atoms with van der Waals surface area (Å²) in [5.41, 5.74) is 0.306. The molecule has 2 aliphatic heterocycles. The van der Waals surface area contributed by atoms with Crippen LogP contribution in [0.25, 0.3) is 0 Å². The fourth-order valence-corrected chi connectivity index (χ4v) is 5.42. The Morgan fingerprint density at radius 2 is 1.70 bits per heavy atom. The van der Waals surface area contributed by atoms with Gasteiger partial charge in [-0.25, -0.2) is 14.4 Å². The van der Waals surface area contributed by atoms with Crippen LogP contribution >= 0.6 is 0 Å². The van der Waals surface area contributed by atoms with Crippen LogP contribution in [0.5, 0.6) is 0 Å². The summed E-state index contributed by atoms with van der Waals surface area (Å²) in [4.78, 5) is 67.2. The zero-order valence-corrected chi connectivity index (χ0v) is 25.9. The fraction of sp³-hybridized carbons (Fsp3) is 0.645. The predicted octanol–water partition coefficient (Wildman–Crippen LogP) is 3.11. The van der Waals surface area contributed by atoms with Gasteiger partial charge in [0.15, 0.2) is 0 Å². The third-order valence-corrected chi connectivity index (χ3v) is 7.63. The van der Waals surface area contributed by atoms with Crippen LogP contribution in [-0.2, 0) is 25.7 Å². The Bertz CT molecular complexity index is 1130. The maximum Gasteiger partial charge on any atom is 0.410 e. The molecule has 2 aliphatic rings. The molecule has 238 valence electrons. The Morgan fingerprint density at radius 1 is 1.05 bits per heavy atom. The van der Waals surface area contributed by atoms with E-state index in [4.69, 9.17) is 4.74 Å². The quantitative estimate of drug-likeness (QED) is 0.304. The zero-order chi connectivity index (χ0) is 31.7. The van der Waals surface area contributed by atoms with Crippen molar-refractivity contribution in [3.05, 3.63) is 35.9 Å². The van der Waals surface area contributed by atoms with Crippen LogP contribution < -0.4 is 16.0 Å². The number of urea groups is 1. The van der Waals surface area contributed by atoms with E-state index in [-0.39, 0.29) is 30.4 Å². The van der Waals surface area contributed by atoms with Gasteiger partial charge in [0.1, 0.15) is 17.7 Å². The second kappa shape index (κ2) is 15.1. The van der Waals surface area contributed by atoms with E-state index < -0.39 is 41.5 Å². The average Bonchev–Trinajstić information content (AvgIpc) is 3.34. The molecule has 3 atom stereocenters. The van der Waals surface area contributed by atoms with Crippen molar-refractivity contribution in [1.82, 2.24) is 25.8 Å². The molecule has 12 heteroatoms. The van der Waals surface area contributed by atoms with Gasteiger partial charge in [0, 0.05) is 38.1 Å². The van der Waals surface area contributed by atoms with Gasteiger partial charge in [0.2, 0.25) is 11.8 Å². The number of carbonyl (C=O) groups excluding carboxylic acids is 4. The lowest BCUT2D eigenvalue weighted by molar-refractivity contribution is -0.143. The number of piperidine rings is 1. The minimum atomic E-state index is -1.26. The predicted molar refractivity (Wildman–Crippen MR) is 160 cm³/mol. The van der Waals surface area contributed by atoms with E-state index in [1.54, 1.807) is 9.80 Å². The maximum atomic E-state index is 13.8. The van der Waals surface area contributed by atoms with E-state index in [2.05, 4.69) is 16.0 Å². The molecule has 0 aromatic heterocycles. The van der Waals surface area contributed by atoms with Gasteiger partial charge < -0.3 is 35.6 Å². The summed E-state index contributed by atoms with van der Waals surface area (Å²) in [6, 6.07) is 6.64. The van der Waals surface area contributed by atoms with Crippen LogP contribution in [-0.4, -0.2) is 88.2 Å². The van der Waals surface area contributed by atoms with Gasteiger partial charge in [-0.3, -0.25) is 9.59 Å². The molecule has 5 amide bonds. The molecule has 2 fully saturated rings. The van der Waals surface area contributed by atoms with Crippen molar-refractivity contribution in [3.63, 3.8) is 0 Å². The topological polar surface area (TPSA) is 157 Å². The summed E-state index contributed by atoms with van der Waals surface area (Å²) in [7, 11) is 0. The number of carboxylic acid groups (broad SMARTS) is 1. The largest absolute Gasteiger partial charge is 0.480 e. The molecule has 2 heterocycles. The SMILES string of the molecule is CC(C)C[C@H](NC(=O)N(Cc1ccccc1)C1CCN(C(=O)OC(C)(C)C)CC1)C(=O)N[C@@H](C[C@@H]1CCNC1=O)C(=O)O. The van der Waals surface area contributed by atoms with Gasteiger partial charge in [-0.2, -0.15) is 0 Å². The number of carbonyl (C=O) groups is 5. The maximum absolute atomic E-state index is 13.8.